The minimum absolute atomic E-state index is 0.812. The first-order chi connectivity index (χ1) is 9.28. The quantitative estimate of drug-likeness (QED) is 0.599. The minimum Gasteiger partial charge on any atom is -0.493 e. The van der Waals surface area contributed by atoms with Crippen molar-refractivity contribution in [1.29, 1.82) is 0 Å². The smallest absolute Gasteiger partial charge is 0.161 e. The number of ether oxygens (including phenoxy) is 2. The Morgan fingerprint density at radius 1 is 1.21 bits per heavy atom. The van der Waals surface area contributed by atoms with Gasteiger partial charge in [-0.05, 0) is 42.6 Å². The Kier molecular flexibility index (Phi) is 4.70. The van der Waals surface area contributed by atoms with Gasteiger partial charge in [0, 0.05) is 19.5 Å². The number of benzene rings is 1. The van der Waals surface area contributed by atoms with Crippen molar-refractivity contribution < 1.29 is 9.47 Å². The highest BCUT2D eigenvalue weighted by atomic mass is 16.5. The molecule has 1 aromatic rings. The van der Waals surface area contributed by atoms with Crippen molar-refractivity contribution in [2.24, 2.45) is 0 Å². The van der Waals surface area contributed by atoms with Crippen LogP contribution in [0.25, 0.3) is 0 Å². The van der Waals surface area contributed by atoms with E-state index < -0.39 is 0 Å². The van der Waals surface area contributed by atoms with E-state index in [2.05, 4.69) is 23.0 Å². The van der Waals surface area contributed by atoms with E-state index in [0.29, 0.717) is 0 Å². The molecular formula is C16H21NO2. The molecular weight excluding hydrogens is 238 g/mol. The van der Waals surface area contributed by atoms with Gasteiger partial charge in [-0.25, -0.2) is 0 Å². The van der Waals surface area contributed by atoms with Gasteiger partial charge in [-0.3, -0.25) is 4.90 Å². The van der Waals surface area contributed by atoms with Gasteiger partial charge < -0.3 is 9.47 Å². The third-order valence-electron chi connectivity index (χ3n) is 3.59. The number of hydrogen-bond acceptors (Lipinski definition) is 3. The first-order valence-corrected chi connectivity index (χ1v) is 6.68. The zero-order valence-corrected chi connectivity index (χ0v) is 11.7. The van der Waals surface area contributed by atoms with Gasteiger partial charge in [0.2, 0.25) is 0 Å². The lowest BCUT2D eigenvalue weighted by Crippen LogP contribution is -2.31. The van der Waals surface area contributed by atoms with Crippen LogP contribution >= 0.6 is 0 Å². The highest BCUT2D eigenvalue weighted by Crippen LogP contribution is 2.33. The summed E-state index contributed by atoms with van der Waals surface area (Å²) in [4.78, 5) is 2.45. The Morgan fingerprint density at radius 3 is 2.53 bits per heavy atom. The maximum absolute atomic E-state index is 5.37. The Bertz CT molecular complexity index is 476. The molecule has 0 bridgehead atoms. The summed E-state index contributed by atoms with van der Waals surface area (Å²) in [6.45, 7) is 3.13. The van der Waals surface area contributed by atoms with Crippen LogP contribution in [0.15, 0.2) is 12.1 Å². The Balaban J connectivity index is 2.09. The lowest BCUT2D eigenvalue weighted by atomic mass is 9.98. The van der Waals surface area contributed by atoms with Crippen LogP contribution in [0, 0.1) is 12.3 Å². The molecule has 1 aromatic carbocycles. The molecule has 0 aromatic heterocycles. The van der Waals surface area contributed by atoms with E-state index in [1.165, 1.54) is 11.1 Å². The van der Waals surface area contributed by atoms with Gasteiger partial charge in [-0.15, -0.1) is 12.3 Å². The van der Waals surface area contributed by atoms with Crippen molar-refractivity contribution in [3.05, 3.63) is 23.3 Å². The summed E-state index contributed by atoms with van der Waals surface area (Å²) in [5.41, 5.74) is 2.70. The third kappa shape index (κ3) is 3.21. The second-order valence-electron chi connectivity index (χ2n) is 4.81. The topological polar surface area (TPSA) is 21.7 Å². The molecule has 0 spiro atoms. The van der Waals surface area contributed by atoms with Gasteiger partial charge in [-0.2, -0.15) is 0 Å². The molecule has 0 radical (unpaired) electrons. The Morgan fingerprint density at radius 2 is 1.89 bits per heavy atom. The molecule has 19 heavy (non-hydrogen) atoms. The number of terminal acetylenes is 1. The normalized spacial score (nSPS) is 14.6. The fourth-order valence-corrected chi connectivity index (χ4v) is 2.54. The molecule has 1 heterocycles. The van der Waals surface area contributed by atoms with E-state index in [1.807, 2.05) is 0 Å². The van der Waals surface area contributed by atoms with Crippen LogP contribution in [0.1, 0.15) is 24.0 Å². The number of rotatable bonds is 5. The maximum Gasteiger partial charge on any atom is 0.161 e. The van der Waals surface area contributed by atoms with Crippen molar-refractivity contribution in [2.45, 2.75) is 25.8 Å². The van der Waals surface area contributed by atoms with Gasteiger partial charge >= 0.3 is 0 Å². The lowest BCUT2D eigenvalue weighted by molar-refractivity contribution is 0.250. The summed E-state index contributed by atoms with van der Waals surface area (Å²) in [7, 11) is 3.36. The molecule has 3 nitrogen and oxygen atoms in total. The molecule has 1 aliphatic rings. The summed E-state index contributed by atoms with van der Waals surface area (Å²) in [6, 6.07) is 4.20. The van der Waals surface area contributed by atoms with Gasteiger partial charge in [0.05, 0.1) is 14.2 Å². The average Bonchev–Trinajstić information content (AvgIpc) is 2.46. The minimum atomic E-state index is 0.812. The van der Waals surface area contributed by atoms with Gasteiger partial charge in [0.15, 0.2) is 11.5 Å². The molecule has 0 saturated carbocycles. The Labute approximate surface area is 115 Å². The average molecular weight is 259 g/mol. The second-order valence-corrected chi connectivity index (χ2v) is 4.81. The van der Waals surface area contributed by atoms with Crippen LogP contribution in [-0.4, -0.2) is 32.2 Å². The first kappa shape index (κ1) is 13.8. The summed E-state index contributed by atoms with van der Waals surface area (Å²) in [6.07, 6.45) is 8.28. The van der Waals surface area contributed by atoms with E-state index in [9.17, 15) is 0 Å². The molecule has 0 saturated heterocycles. The largest absolute Gasteiger partial charge is 0.493 e. The van der Waals surface area contributed by atoms with E-state index in [4.69, 9.17) is 15.9 Å². The van der Waals surface area contributed by atoms with Crippen molar-refractivity contribution >= 4 is 0 Å². The van der Waals surface area contributed by atoms with E-state index in [1.54, 1.807) is 14.2 Å². The molecule has 1 aliphatic heterocycles. The lowest BCUT2D eigenvalue weighted by Gasteiger charge is -2.29. The second kappa shape index (κ2) is 6.49. The molecule has 0 atom stereocenters. The van der Waals surface area contributed by atoms with Crippen LogP contribution < -0.4 is 9.47 Å². The number of unbranched alkanes of at least 4 members (excludes halogenated alkanes) is 1. The zero-order chi connectivity index (χ0) is 13.7. The van der Waals surface area contributed by atoms with E-state index in [0.717, 1.165) is 50.4 Å². The summed E-state index contributed by atoms with van der Waals surface area (Å²) in [5.74, 6) is 4.33. The molecule has 0 unspecified atom stereocenters. The predicted octanol–water partition coefficient (Wildman–Crippen LogP) is 2.48. The number of methoxy groups -OCH3 is 2. The summed E-state index contributed by atoms with van der Waals surface area (Å²) >= 11 is 0. The molecule has 3 heteroatoms. The predicted molar refractivity (Wildman–Crippen MR) is 76.6 cm³/mol. The zero-order valence-electron chi connectivity index (χ0n) is 11.7. The van der Waals surface area contributed by atoms with Gasteiger partial charge in [0.25, 0.3) is 0 Å². The van der Waals surface area contributed by atoms with Crippen LogP contribution in [0.4, 0.5) is 0 Å². The Hall–Kier alpha value is -1.66. The van der Waals surface area contributed by atoms with Gasteiger partial charge in [0.1, 0.15) is 0 Å². The fraction of sp³-hybridized carbons (Fsp3) is 0.500. The first-order valence-electron chi connectivity index (χ1n) is 6.68. The van der Waals surface area contributed by atoms with Crippen molar-refractivity contribution in [1.82, 2.24) is 4.90 Å². The molecule has 2 rings (SSSR count). The van der Waals surface area contributed by atoms with Crippen LogP contribution in [0.2, 0.25) is 0 Å². The number of fused-ring (bicyclic) bond motifs is 1. The molecule has 0 N–H and O–H groups in total. The highest BCUT2D eigenvalue weighted by Gasteiger charge is 2.18. The van der Waals surface area contributed by atoms with Crippen molar-refractivity contribution in [2.75, 3.05) is 27.3 Å². The van der Waals surface area contributed by atoms with Gasteiger partial charge in [-0.1, -0.05) is 0 Å². The monoisotopic (exact) mass is 259 g/mol. The maximum atomic E-state index is 5.37. The fourth-order valence-electron chi connectivity index (χ4n) is 2.54. The van der Waals surface area contributed by atoms with E-state index >= 15 is 0 Å². The SMILES string of the molecule is C#CCCCN1CCc2cc(OC)c(OC)cc2C1. The highest BCUT2D eigenvalue weighted by molar-refractivity contribution is 5.48. The standard InChI is InChI=1S/C16H21NO2/c1-4-5-6-8-17-9-7-13-10-15(18-2)16(19-3)11-14(13)12-17/h1,10-11H,5-9,12H2,2-3H3. The molecule has 0 aliphatic carbocycles. The number of hydrogen-bond donors (Lipinski definition) is 0. The third-order valence-corrected chi connectivity index (χ3v) is 3.59. The molecule has 102 valence electrons. The van der Waals surface area contributed by atoms with Crippen molar-refractivity contribution in [3.63, 3.8) is 0 Å². The van der Waals surface area contributed by atoms with Crippen LogP contribution in [0.5, 0.6) is 11.5 Å². The van der Waals surface area contributed by atoms with E-state index in [-0.39, 0.29) is 0 Å². The molecule has 0 amide bonds. The summed E-state index contributed by atoms with van der Waals surface area (Å²) in [5, 5.41) is 0. The summed E-state index contributed by atoms with van der Waals surface area (Å²) < 4.78 is 10.7. The van der Waals surface area contributed by atoms with Crippen LogP contribution in [-0.2, 0) is 13.0 Å². The van der Waals surface area contributed by atoms with Crippen LogP contribution in [0.3, 0.4) is 0 Å². The van der Waals surface area contributed by atoms with Crippen molar-refractivity contribution in [3.8, 4) is 23.8 Å². The molecule has 0 fully saturated rings. The number of nitrogens with zero attached hydrogens (tertiary/aromatic N) is 1.